The van der Waals surface area contributed by atoms with E-state index in [2.05, 4.69) is 0 Å². The van der Waals surface area contributed by atoms with Crippen LogP contribution >= 0.6 is 0 Å². The van der Waals surface area contributed by atoms with Crippen molar-refractivity contribution < 1.29 is 29.3 Å². The number of carbonyl (C=O) groups excluding carboxylic acids is 3. The van der Waals surface area contributed by atoms with Gasteiger partial charge in [0.2, 0.25) is 5.91 Å². The van der Waals surface area contributed by atoms with Gasteiger partial charge in [-0.05, 0) is 54.7 Å². The summed E-state index contributed by atoms with van der Waals surface area (Å²) < 4.78 is 0. The third-order valence-electron chi connectivity index (χ3n) is 5.34. The number of ketones is 1. The maximum Gasteiger partial charge on any atom is 0.354 e. The Hall–Kier alpha value is -2.45. The zero-order chi connectivity index (χ0) is 25.8. The summed E-state index contributed by atoms with van der Waals surface area (Å²) in [5.41, 5.74) is 2.99. The molecule has 8 nitrogen and oxygen atoms in total. The Kier molecular flexibility index (Phi) is 9.23. The minimum absolute atomic E-state index is 0.0219. The summed E-state index contributed by atoms with van der Waals surface area (Å²) in [5.74, 6) is 2.52. The smallest absolute Gasteiger partial charge is 0.354 e. The van der Waals surface area contributed by atoms with Gasteiger partial charge in [0.1, 0.15) is 23.1 Å². The molecule has 0 aliphatic carbocycles. The molecule has 0 fully saturated rings. The molecule has 1 aromatic rings. The molecule has 0 heterocycles. The van der Waals surface area contributed by atoms with Crippen molar-refractivity contribution in [3.05, 3.63) is 28.8 Å². The summed E-state index contributed by atoms with van der Waals surface area (Å²) in [6.45, 7) is 16.9. The molecule has 0 radical (unpaired) electrons. The second-order valence-electron chi connectivity index (χ2n) is 11.2. The molecule has 0 aliphatic rings. The van der Waals surface area contributed by atoms with Crippen molar-refractivity contribution in [1.29, 1.82) is 0 Å². The van der Waals surface area contributed by atoms with Crippen molar-refractivity contribution >= 4 is 17.7 Å². The lowest BCUT2D eigenvalue weighted by Gasteiger charge is -2.28. The van der Waals surface area contributed by atoms with Gasteiger partial charge in [-0.25, -0.2) is 10.6 Å². The SMILES string of the molecule is CC(C(=O)NN)C(=O)OOC(C)(C)CC(=O)CCc1cc(C(C)(C)C)c(O)c(C(C)(C)C)c1. The molecular weight excluding hydrogens is 424 g/mol. The monoisotopic (exact) mass is 464 g/mol. The summed E-state index contributed by atoms with van der Waals surface area (Å²) in [6, 6.07) is 3.93. The van der Waals surface area contributed by atoms with E-state index in [4.69, 9.17) is 15.6 Å². The minimum Gasteiger partial charge on any atom is -0.507 e. The van der Waals surface area contributed by atoms with Crippen molar-refractivity contribution in [2.45, 2.75) is 98.0 Å². The number of nitrogens with one attached hydrogen (secondary N) is 1. The number of hydrazine groups is 1. The fourth-order valence-electron chi connectivity index (χ4n) is 3.32. The van der Waals surface area contributed by atoms with Crippen molar-refractivity contribution in [2.24, 2.45) is 11.8 Å². The van der Waals surface area contributed by atoms with Crippen molar-refractivity contribution in [3.63, 3.8) is 0 Å². The van der Waals surface area contributed by atoms with E-state index in [0.717, 1.165) is 16.7 Å². The van der Waals surface area contributed by atoms with Gasteiger partial charge in [0.15, 0.2) is 0 Å². The molecule has 33 heavy (non-hydrogen) atoms. The summed E-state index contributed by atoms with van der Waals surface area (Å²) in [4.78, 5) is 45.8. The Morgan fingerprint density at radius 3 is 1.91 bits per heavy atom. The number of nitrogens with two attached hydrogens (primary N) is 1. The van der Waals surface area contributed by atoms with E-state index < -0.39 is 23.4 Å². The normalized spacial score (nSPS) is 13.4. The van der Waals surface area contributed by atoms with Gasteiger partial charge in [0, 0.05) is 12.8 Å². The first kappa shape index (κ1) is 28.6. The fourth-order valence-corrected chi connectivity index (χ4v) is 3.32. The van der Waals surface area contributed by atoms with Crippen molar-refractivity contribution in [1.82, 2.24) is 5.43 Å². The van der Waals surface area contributed by atoms with E-state index in [9.17, 15) is 19.5 Å². The Labute approximate surface area is 197 Å². The van der Waals surface area contributed by atoms with Crippen LogP contribution in [-0.4, -0.2) is 28.4 Å². The average Bonchev–Trinajstić information content (AvgIpc) is 2.67. The van der Waals surface area contributed by atoms with Crippen LogP contribution in [0.25, 0.3) is 0 Å². The Morgan fingerprint density at radius 2 is 1.48 bits per heavy atom. The summed E-state index contributed by atoms with van der Waals surface area (Å²) in [5, 5.41) is 10.9. The minimum atomic E-state index is -1.13. The number of carbonyl (C=O) groups is 3. The molecule has 8 heteroatoms. The van der Waals surface area contributed by atoms with Crippen LogP contribution in [0.1, 0.15) is 91.8 Å². The number of aryl methyl sites for hydroxylation is 1. The van der Waals surface area contributed by atoms with Crippen LogP contribution in [0.5, 0.6) is 5.75 Å². The molecule has 0 saturated carbocycles. The van der Waals surface area contributed by atoms with Crippen molar-refractivity contribution in [2.75, 3.05) is 0 Å². The molecule has 0 aromatic heterocycles. The number of rotatable bonds is 9. The summed E-state index contributed by atoms with van der Waals surface area (Å²) >= 11 is 0. The number of benzene rings is 1. The Balaban J connectivity index is 2.85. The topological polar surface area (TPSA) is 128 Å². The first-order valence-corrected chi connectivity index (χ1v) is 11.2. The van der Waals surface area contributed by atoms with Gasteiger partial charge in [0.25, 0.3) is 0 Å². The van der Waals surface area contributed by atoms with E-state index in [-0.39, 0.29) is 29.5 Å². The number of hydrogen-bond acceptors (Lipinski definition) is 7. The first-order chi connectivity index (χ1) is 14.9. The third-order valence-corrected chi connectivity index (χ3v) is 5.34. The number of amides is 1. The highest BCUT2D eigenvalue weighted by Gasteiger charge is 2.30. The molecule has 1 rings (SSSR count). The zero-order valence-electron chi connectivity index (χ0n) is 21.4. The second kappa shape index (κ2) is 10.7. The van der Waals surface area contributed by atoms with Crippen LogP contribution in [0.15, 0.2) is 12.1 Å². The molecule has 0 aliphatic heterocycles. The van der Waals surface area contributed by atoms with E-state index in [0.29, 0.717) is 12.2 Å². The first-order valence-electron chi connectivity index (χ1n) is 11.2. The maximum atomic E-state index is 12.6. The molecular formula is C25H40N2O6. The van der Waals surface area contributed by atoms with E-state index in [1.54, 1.807) is 13.8 Å². The van der Waals surface area contributed by atoms with Gasteiger partial charge in [-0.15, -0.1) is 0 Å². The lowest BCUT2D eigenvalue weighted by molar-refractivity contribution is -0.326. The highest BCUT2D eigenvalue weighted by atomic mass is 17.2. The van der Waals surface area contributed by atoms with Gasteiger partial charge in [-0.3, -0.25) is 19.9 Å². The molecule has 1 unspecified atom stereocenters. The summed E-state index contributed by atoms with van der Waals surface area (Å²) in [7, 11) is 0. The van der Waals surface area contributed by atoms with Crippen LogP contribution in [0.2, 0.25) is 0 Å². The number of Topliss-reactive ketones (excluding diaryl/α,β-unsaturated/α-hetero) is 1. The molecule has 0 saturated heterocycles. The molecule has 4 N–H and O–H groups in total. The van der Waals surface area contributed by atoms with Crippen LogP contribution < -0.4 is 11.3 Å². The summed E-state index contributed by atoms with van der Waals surface area (Å²) in [6.07, 6.45) is 0.799. The van der Waals surface area contributed by atoms with Gasteiger partial charge < -0.3 is 5.11 Å². The highest BCUT2D eigenvalue weighted by Crippen LogP contribution is 2.40. The number of hydrogen-bond donors (Lipinski definition) is 3. The Morgan fingerprint density at radius 1 is 1.00 bits per heavy atom. The van der Waals surface area contributed by atoms with Gasteiger partial charge in [-0.1, -0.05) is 53.7 Å². The molecule has 0 bridgehead atoms. The second-order valence-corrected chi connectivity index (χ2v) is 11.2. The number of phenols is 1. The molecule has 186 valence electrons. The van der Waals surface area contributed by atoms with E-state index in [1.165, 1.54) is 6.92 Å². The molecule has 1 atom stereocenters. The zero-order valence-corrected chi connectivity index (χ0v) is 21.4. The Bertz CT molecular complexity index is 843. The lowest BCUT2D eigenvalue weighted by atomic mass is 9.78. The standard InChI is InChI=1S/C25H40N2O6/c1-15(21(30)27-26)22(31)32-33-25(8,9)14-17(28)11-10-16-12-18(23(2,3)4)20(29)19(13-16)24(5,6)7/h12-13,15,29H,10-11,14,26H2,1-9H3,(H,27,30). The van der Waals surface area contributed by atoms with Gasteiger partial charge in [-0.2, -0.15) is 4.89 Å². The fraction of sp³-hybridized carbons (Fsp3) is 0.640. The molecule has 0 spiro atoms. The highest BCUT2D eigenvalue weighted by molar-refractivity contribution is 5.96. The van der Waals surface area contributed by atoms with Gasteiger partial charge >= 0.3 is 5.97 Å². The van der Waals surface area contributed by atoms with Crippen molar-refractivity contribution in [3.8, 4) is 5.75 Å². The number of aromatic hydroxyl groups is 1. The predicted molar refractivity (Wildman–Crippen MR) is 126 cm³/mol. The maximum absolute atomic E-state index is 12.6. The molecule has 1 aromatic carbocycles. The average molecular weight is 465 g/mol. The van der Waals surface area contributed by atoms with Crippen LogP contribution in [-0.2, 0) is 41.4 Å². The quantitative estimate of drug-likeness (QED) is 0.167. The lowest BCUT2D eigenvalue weighted by Crippen LogP contribution is -2.39. The van der Waals surface area contributed by atoms with Crippen LogP contribution in [0, 0.1) is 5.92 Å². The molecule has 1 amide bonds. The predicted octanol–water partition coefficient (Wildman–Crippen LogP) is 3.76. The van der Waals surface area contributed by atoms with E-state index >= 15 is 0 Å². The third kappa shape index (κ3) is 8.44. The van der Waals surface area contributed by atoms with Crippen LogP contribution in [0.3, 0.4) is 0 Å². The number of phenolic OH excluding ortho intramolecular Hbond substituents is 1. The van der Waals surface area contributed by atoms with Crippen LogP contribution in [0.4, 0.5) is 0 Å². The van der Waals surface area contributed by atoms with Gasteiger partial charge in [0.05, 0.1) is 0 Å². The largest absolute Gasteiger partial charge is 0.507 e. The van der Waals surface area contributed by atoms with E-state index in [1.807, 2.05) is 59.1 Å².